The van der Waals surface area contributed by atoms with Gasteiger partial charge >= 0.3 is 0 Å². The van der Waals surface area contributed by atoms with Crippen LogP contribution in [0.3, 0.4) is 0 Å². The van der Waals surface area contributed by atoms with E-state index in [1.54, 1.807) is 0 Å². The van der Waals surface area contributed by atoms with Crippen molar-refractivity contribution in [3.63, 3.8) is 0 Å². The van der Waals surface area contributed by atoms with Crippen molar-refractivity contribution in [3.05, 3.63) is 148 Å². The fraction of sp³-hybridized carbons (Fsp3) is 0.265. The minimum Gasteiger partial charge on any atom is -0.545 e. The number of non-ortho nitro benzene ring substituents is 1. The molecule has 10 heteroatoms. The Morgan fingerprint density at radius 1 is 0.705 bits per heavy atom. The number of hydrogen-bond donors (Lipinski definition) is 1. The third kappa shape index (κ3) is 9.53. The number of hydrogen-bond acceptors (Lipinski definition) is 9. The van der Waals surface area contributed by atoms with Gasteiger partial charge in [-0.3, -0.25) is 10.1 Å². The lowest BCUT2D eigenvalue weighted by molar-refractivity contribution is -0.384. The lowest BCUT2D eigenvalue weighted by Crippen LogP contribution is -2.59. The Morgan fingerprint density at radius 2 is 1.11 bits per heavy atom. The molecule has 1 saturated heterocycles. The summed E-state index contributed by atoms with van der Waals surface area (Å²) in [5.41, 5.74) is 2.92. The molecule has 44 heavy (non-hydrogen) atoms. The molecule has 1 N–H and O–H groups in total. The number of rotatable bonds is 11. The van der Waals surface area contributed by atoms with Gasteiger partial charge in [-0.15, -0.1) is 0 Å². The molecule has 1 aliphatic rings. The molecule has 1 heterocycles. The van der Waals surface area contributed by atoms with Crippen LogP contribution in [0.1, 0.15) is 34.0 Å². The molecular formula is C34H34NO9-. The zero-order valence-corrected chi connectivity index (χ0v) is 24.1. The number of nitro groups is 1. The maximum Gasteiger partial charge on any atom is 0.269 e. The molecule has 0 amide bonds. The average molecular weight is 601 g/mol. The quantitative estimate of drug-likeness (QED) is 0.195. The second-order valence-corrected chi connectivity index (χ2v) is 10.1. The van der Waals surface area contributed by atoms with Crippen molar-refractivity contribution in [2.45, 2.75) is 57.5 Å². The van der Waals surface area contributed by atoms with Gasteiger partial charge in [-0.1, -0.05) is 91.0 Å². The number of carboxylic acid groups (broad SMARTS) is 1. The van der Waals surface area contributed by atoms with Gasteiger partial charge in [-0.25, -0.2) is 0 Å². The molecule has 0 radical (unpaired) electrons. The largest absolute Gasteiger partial charge is 0.545 e. The highest BCUT2D eigenvalue weighted by molar-refractivity contribution is 5.85. The van der Waals surface area contributed by atoms with E-state index in [9.17, 15) is 25.1 Å². The van der Waals surface area contributed by atoms with Gasteiger partial charge < -0.3 is 34.0 Å². The summed E-state index contributed by atoms with van der Waals surface area (Å²) in [6, 6.07) is 34.3. The zero-order valence-electron chi connectivity index (χ0n) is 24.1. The van der Waals surface area contributed by atoms with E-state index in [0.717, 1.165) is 41.0 Å². The molecule has 0 saturated carbocycles. The first-order valence-electron chi connectivity index (χ1n) is 14.1. The Hall–Kier alpha value is -4.45. The van der Waals surface area contributed by atoms with E-state index in [2.05, 4.69) is 0 Å². The first-order chi connectivity index (χ1) is 21.3. The van der Waals surface area contributed by atoms with E-state index in [0.29, 0.717) is 19.8 Å². The number of carboxylic acids is 1. The minimum absolute atomic E-state index is 0.0689. The number of aliphatic hydroxyl groups is 1. The molecule has 1 unspecified atom stereocenters. The minimum atomic E-state index is -1.34. The van der Waals surface area contributed by atoms with Crippen molar-refractivity contribution in [2.75, 3.05) is 0 Å². The highest BCUT2D eigenvalue weighted by atomic mass is 16.7. The summed E-state index contributed by atoms with van der Waals surface area (Å²) in [4.78, 5) is 19.7. The topological polar surface area (TPSA) is 140 Å². The summed E-state index contributed by atoms with van der Waals surface area (Å²) in [7, 11) is 0. The molecule has 5 rings (SSSR count). The summed E-state index contributed by atoms with van der Waals surface area (Å²) >= 11 is 0. The SMILES string of the molecule is C[C@@H]1OC(O)[C@@H](OCc2ccccc2)[C@H](OCc2ccccc2)[C@@H]1OCc1ccccc1.O=C([O-])c1ccc([N+](=O)[O-])cc1. The monoisotopic (exact) mass is 600 g/mol. The molecule has 1 aliphatic heterocycles. The molecular weight excluding hydrogens is 566 g/mol. The first kappa shape index (κ1) is 32.5. The van der Waals surface area contributed by atoms with Gasteiger partial charge in [-0.2, -0.15) is 0 Å². The fourth-order valence-electron chi connectivity index (χ4n) is 4.61. The Bertz CT molecular complexity index is 1350. The van der Waals surface area contributed by atoms with Crippen LogP contribution in [0, 0.1) is 10.1 Å². The smallest absolute Gasteiger partial charge is 0.269 e. The van der Waals surface area contributed by atoms with Crippen LogP contribution in [0.4, 0.5) is 5.69 Å². The van der Waals surface area contributed by atoms with Crippen LogP contribution in [-0.4, -0.2) is 46.7 Å². The van der Waals surface area contributed by atoms with Crippen molar-refractivity contribution >= 4 is 11.7 Å². The first-order valence-corrected chi connectivity index (χ1v) is 14.1. The number of nitro benzene ring substituents is 1. The molecule has 230 valence electrons. The normalized spacial score (nSPS) is 21.1. The van der Waals surface area contributed by atoms with Crippen molar-refractivity contribution in [3.8, 4) is 0 Å². The van der Waals surface area contributed by atoms with Crippen LogP contribution in [0.5, 0.6) is 0 Å². The predicted octanol–water partition coefficient (Wildman–Crippen LogP) is 4.44. The number of benzene rings is 4. The number of nitrogens with zero attached hydrogens (tertiary/aromatic N) is 1. The molecule has 4 aromatic carbocycles. The Balaban J connectivity index is 0.000000309. The van der Waals surface area contributed by atoms with Gasteiger partial charge in [0.25, 0.3) is 5.69 Å². The highest BCUT2D eigenvalue weighted by Gasteiger charge is 2.46. The van der Waals surface area contributed by atoms with Crippen molar-refractivity contribution in [2.24, 2.45) is 0 Å². The number of ether oxygens (including phenoxy) is 4. The molecule has 0 aliphatic carbocycles. The second kappa shape index (κ2) is 16.4. The molecule has 4 aromatic rings. The molecule has 10 nitrogen and oxygen atoms in total. The van der Waals surface area contributed by atoms with Gasteiger partial charge in [0.05, 0.1) is 36.8 Å². The summed E-state index contributed by atoms with van der Waals surface area (Å²) < 4.78 is 24.5. The van der Waals surface area contributed by atoms with Gasteiger partial charge in [0.1, 0.15) is 18.3 Å². The third-order valence-corrected chi connectivity index (χ3v) is 6.92. The third-order valence-electron chi connectivity index (χ3n) is 6.92. The summed E-state index contributed by atoms with van der Waals surface area (Å²) in [6.45, 7) is 3.05. The van der Waals surface area contributed by atoms with Crippen LogP contribution in [0.25, 0.3) is 0 Å². The fourth-order valence-corrected chi connectivity index (χ4v) is 4.61. The van der Waals surface area contributed by atoms with E-state index < -0.39 is 35.5 Å². The standard InChI is InChI=1S/C27H30O5.C7H5NO4/c1-20-24(29-17-21-11-5-2-6-12-21)25(30-18-22-13-7-3-8-14-22)26(27(28)32-20)31-19-23-15-9-4-10-16-23;9-7(10)5-1-3-6(4-2-5)8(11)12/h2-16,20,24-28H,17-19H2,1H3;1-4H,(H,9,10)/p-1/t20-,24+,25+,26-,27?;/m0./s1. The van der Waals surface area contributed by atoms with Crippen LogP contribution < -0.4 is 5.11 Å². The van der Waals surface area contributed by atoms with E-state index in [4.69, 9.17) is 18.9 Å². The highest BCUT2D eigenvalue weighted by Crippen LogP contribution is 2.29. The number of aromatic carboxylic acids is 1. The van der Waals surface area contributed by atoms with Gasteiger partial charge in [0, 0.05) is 12.1 Å². The van der Waals surface area contributed by atoms with Crippen LogP contribution in [0.15, 0.2) is 115 Å². The van der Waals surface area contributed by atoms with Crippen LogP contribution >= 0.6 is 0 Å². The summed E-state index contributed by atoms with van der Waals surface area (Å²) in [5.74, 6) is -1.34. The van der Waals surface area contributed by atoms with E-state index in [1.807, 2.05) is 97.9 Å². The summed E-state index contributed by atoms with van der Waals surface area (Å²) in [6.07, 6.45) is -3.04. The van der Waals surface area contributed by atoms with Gasteiger partial charge in [-0.05, 0) is 41.3 Å². The molecule has 1 fully saturated rings. The van der Waals surface area contributed by atoms with Crippen LogP contribution in [0.2, 0.25) is 0 Å². The Morgan fingerprint density at radius 3 is 1.52 bits per heavy atom. The second-order valence-electron chi connectivity index (χ2n) is 10.1. The molecule has 0 bridgehead atoms. The van der Waals surface area contributed by atoms with Crippen molar-refractivity contribution < 1.29 is 38.9 Å². The van der Waals surface area contributed by atoms with Crippen LogP contribution in [-0.2, 0) is 38.8 Å². The van der Waals surface area contributed by atoms with Crippen molar-refractivity contribution in [1.29, 1.82) is 0 Å². The zero-order chi connectivity index (χ0) is 31.3. The molecule has 5 atom stereocenters. The van der Waals surface area contributed by atoms with E-state index >= 15 is 0 Å². The van der Waals surface area contributed by atoms with E-state index in [-0.39, 0.29) is 17.4 Å². The lowest BCUT2D eigenvalue weighted by atomic mass is 9.98. The molecule has 0 aromatic heterocycles. The van der Waals surface area contributed by atoms with Gasteiger partial charge in [0.15, 0.2) is 6.29 Å². The maximum atomic E-state index is 10.7. The summed E-state index contributed by atoms with van der Waals surface area (Å²) in [5, 5.41) is 31.0. The van der Waals surface area contributed by atoms with E-state index in [1.165, 1.54) is 0 Å². The average Bonchev–Trinajstić information content (AvgIpc) is 3.04. The lowest BCUT2D eigenvalue weighted by Gasteiger charge is -2.43. The molecule has 0 spiro atoms. The predicted molar refractivity (Wildman–Crippen MR) is 159 cm³/mol. The number of carbonyl (C=O) groups excluding carboxylic acids is 1. The van der Waals surface area contributed by atoms with Gasteiger partial charge in [0.2, 0.25) is 0 Å². The number of aliphatic hydroxyl groups excluding tert-OH is 1. The van der Waals surface area contributed by atoms with Crippen molar-refractivity contribution in [1.82, 2.24) is 0 Å². The Labute approximate surface area is 255 Å². The number of carbonyl (C=O) groups is 1. The maximum absolute atomic E-state index is 10.7. The Kier molecular flexibility index (Phi) is 12.1.